The highest BCUT2D eigenvalue weighted by Crippen LogP contribution is 2.29. The Morgan fingerprint density at radius 2 is 1.63 bits per heavy atom. The number of nitrogens with one attached hydrogen (secondary N) is 1. The summed E-state index contributed by atoms with van der Waals surface area (Å²) in [7, 11) is 3.32. The number of methoxy groups -OCH3 is 2. The van der Waals surface area contributed by atoms with Crippen LogP contribution in [0, 0.1) is 11.8 Å². The van der Waals surface area contributed by atoms with Gasteiger partial charge in [0.1, 0.15) is 0 Å². The fourth-order valence-electron chi connectivity index (χ4n) is 1.84. The molecule has 1 N–H and O–H groups in total. The summed E-state index contributed by atoms with van der Waals surface area (Å²) in [6.07, 6.45) is 0. The first kappa shape index (κ1) is 15.8. The lowest BCUT2D eigenvalue weighted by atomic mass is 9.97. The minimum absolute atomic E-state index is 0.306. The van der Waals surface area contributed by atoms with Crippen molar-refractivity contribution in [2.75, 3.05) is 20.8 Å². The molecule has 1 aromatic carbocycles. The van der Waals surface area contributed by atoms with Crippen LogP contribution >= 0.6 is 0 Å². The molecule has 0 heterocycles. The molecule has 108 valence electrons. The van der Waals surface area contributed by atoms with Crippen molar-refractivity contribution < 1.29 is 9.47 Å². The summed E-state index contributed by atoms with van der Waals surface area (Å²) >= 11 is 0. The molecule has 0 saturated heterocycles. The predicted molar refractivity (Wildman–Crippen MR) is 80.0 cm³/mol. The highest BCUT2D eigenvalue weighted by atomic mass is 16.5. The highest BCUT2D eigenvalue weighted by Gasteiger charge is 2.12. The van der Waals surface area contributed by atoms with Crippen LogP contribution in [0.1, 0.15) is 39.3 Å². The quantitative estimate of drug-likeness (QED) is 0.816. The summed E-state index contributed by atoms with van der Waals surface area (Å²) in [6.45, 7) is 9.99. The third kappa shape index (κ3) is 4.43. The van der Waals surface area contributed by atoms with Crippen LogP contribution in [0.3, 0.4) is 0 Å². The van der Waals surface area contributed by atoms with Crippen molar-refractivity contribution in [2.45, 2.75) is 33.7 Å². The van der Waals surface area contributed by atoms with Crippen LogP contribution in [0.25, 0.3) is 0 Å². The molecule has 0 saturated carbocycles. The van der Waals surface area contributed by atoms with Gasteiger partial charge in [-0.15, -0.1) is 0 Å². The SMILES string of the molecule is COc1ccc(C(C)NCC(C)C(C)C)cc1OC. The van der Waals surface area contributed by atoms with Gasteiger partial charge in [0.15, 0.2) is 11.5 Å². The Morgan fingerprint density at radius 1 is 1.00 bits per heavy atom. The summed E-state index contributed by atoms with van der Waals surface area (Å²) in [5.41, 5.74) is 1.22. The lowest BCUT2D eigenvalue weighted by Crippen LogP contribution is -2.26. The molecule has 0 spiro atoms. The molecular weight excluding hydrogens is 238 g/mol. The van der Waals surface area contributed by atoms with E-state index >= 15 is 0 Å². The van der Waals surface area contributed by atoms with Gasteiger partial charge in [0.2, 0.25) is 0 Å². The van der Waals surface area contributed by atoms with Crippen molar-refractivity contribution in [3.05, 3.63) is 23.8 Å². The fraction of sp³-hybridized carbons (Fsp3) is 0.625. The number of hydrogen-bond acceptors (Lipinski definition) is 3. The first-order valence-corrected chi connectivity index (χ1v) is 6.94. The monoisotopic (exact) mass is 265 g/mol. The van der Waals surface area contributed by atoms with Crippen molar-refractivity contribution in [1.29, 1.82) is 0 Å². The van der Waals surface area contributed by atoms with E-state index in [0.29, 0.717) is 17.9 Å². The Balaban J connectivity index is 2.69. The molecule has 0 bridgehead atoms. The molecule has 1 rings (SSSR count). The van der Waals surface area contributed by atoms with E-state index in [-0.39, 0.29) is 0 Å². The van der Waals surface area contributed by atoms with E-state index in [1.54, 1.807) is 14.2 Å². The first-order valence-electron chi connectivity index (χ1n) is 6.94. The van der Waals surface area contributed by atoms with Crippen LogP contribution in [0.2, 0.25) is 0 Å². The molecule has 0 aromatic heterocycles. The van der Waals surface area contributed by atoms with Crippen LogP contribution < -0.4 is 14.8 Å². The number of ether oxygens (including phenoxy) is 2. The van der Waals surface area contributed by atoms with Crippen molar-refractivity contribution in [3.63, 3.8) is 0 Å². The van der Waals surface area contributed by atoms with Crippen molar-refractivity contribution in [2.24, 2.45) is 11.8 Å². The third-order valence-corrected chi connectivity index (χ3v) is 3.79. The molecule has 19 heavy (non-hydrogen) atoms. The molecule has 1 aromatic rings. The van der Waals surface area contributed by atoms with Crippen molar-refractivity contribution in [1.82, 2.24) is 5.32 Å². The molecule has 0 fully saturated rings. The van der Waals surface area contributed by atoms with Crippen LogP contribution in [0.4, 0.5) is 0 Å². The van der Waals surface area contributed by atoms with Gasteiger partial charge in [0.05, 0.1) is 14.2 Å². The van der Waals surface area contributed by atoms with Gasteiger partial charge >= 0.3 is 0 Å². The molecule has 3 nitrogen and oxygen atoms in total. The van der Waals surface area contributed by atoms with Crippen LogP contribution in [-0.4, -0.2) is 20.8 Å². The summed E-state index contributed by atoms with van der Waals surface area (Å²) < 4.78 is 10.6. The minimum Gasteiger partial charge on any atom is -0.493 e. The summed E-state index contributed by atoms with van der Waals surface area (Å²) in [6, 6.07) is 6.38. The van der Waals surface area contributed by atoms with Crippen LogP contribution in [0.5, 0.6) is 11.5 Å². The van der Waals surface area contributed by atoms with E-state index in [1.807, 2.05) is 12.1 Å². The van der Waals surface area contributed by atoms with E-state index in [1.165, 1.54) is 5.56 Å². The zero-order valence-electron chi connectivity index (χ0n) is 13.0. The molecule has 0 aliphatic carbocycles. The lowest BCUT2D eigenvalue weighted by molar-refractivity contribution is 0.352. The zero-order valence-corrected chi connectivity index (χ0v) is 13.0. The maximum atomic E-state index is 5.34. The number of benzene rings is 1. The first-order chi connectivity index (χ1) is 8.99. The molecule has 3 heteroatoms. The second-order valence-electron chi connectivity index (χ2n) is 5.47. The maximum Gasteiger partial charge on any atom is 0.161 e. The average molecular weight is 265 g/mol. The molecule has 0 radical (unpaired) electrons. The van der Waals surface area contributed by atoms with Gasteiger partial charge in [-0.05, 0) is 43.0 Å². The van der Waals surface area contributed by atoms with E-state index in [2.05, 4.69) is 39.1 Å². The zero-order chi connectivity index (χ0) is 14.4. The van der Waals surface area contributed by atoms with Crippen molar-refractivity contribution >= 4 is 0 Å². The molecule has 2 atom stereocenters. The number of rotatable bonds is 7. The topological polar surface area (TPSA) is 30.5 Å². The molecule has 2 unspecified atom stereocenters. The summed E-state index contributed by atoms with van der Waals surface area (Å²) in [4.78, 5) is 0. The van der Waals surface area contributed by atoms with E-state index in [9.17, 15) is 0 Å². The molecule has 0 aliphatic heterocycles. The van der Waals surface area contributed by atoms with Gasteiger partial charge in [-0.2, -0.15) is 0 Å². The van der Waals surface area contributed by atoms with Gasteiger partial charge in [0, 0.05) is 6.04 Å². The van der Waals surface area contributed by atoms with Gasteiger partial charge in [-0.1, -0.05) is 26.8 Å². The highest BCUT2D eigenvalue weighted by molar-refractivity contribution is 5.43. The number of hydrogen-bond donors (Lipinski definition) is 1. The van der Waals surface area contributed by atoms with Gasteiger partial charge in [0.25, 0.3) is 0 Å². The smallest absolute Gasteiger partial charge is 0.161 e. The van der Waals surface area contributed by atoms with E-state index < -0.39 is 0 Å². The second-order valence-corrected chi connectivity index (χ2v) is 5.47. The lowest BCUT2D eigenvalue weighted by Gasteiger charge is -2.21. The normalized spacial score (nSPS) is 14.3. The van der Waals surface area contributed by atoms with Gasteiger partial charge < -0.3 is 14.8 Å². The Labute approximate surface area is 117 Å². The van der Waals surface area contributed by atoms with Crippen molar-refractivity contribution in [3.8, 4) is 11.5 Å². The van der Waals surface area contributed by atoms with Crippen LogP contribution in [0.15, 0.2) is 18.2 Å². The average Bonchev–Trinajstić information content (AvgIpc) is 2.43. The third-order valence-electron chi connectivity index (χ3n) is 3.79. The van der Waals surface area contributed by atoms with E-state index in [4.69, 9.17) is 9.47 Å². The Bertz CT molecular complexity index is 390. The fourth-order valence-corrected chi connectivity index (χ4v) is 1.84. The van der Waals surface area contributed by atoms with Gasteiger partial charge in [-0.3, -0.25) is 0 Å². The predicted octanol–water partition coefficient (Wildman–Crippen LogP) is 3.65. The Hall–Kier alpha value is -1.22. The largest absolute Gasteiger partial charge is 0.493 e. The van der Waals surface area contributed by atoms with Crippen LogP contribution in [-0.2, 0) is 0 Å². The second kappa shape index (κ2) is 7.39. The molecule has 0 amide bonds. The van der Waals surface area contributed by atoms with Gasteiger partial charge in [-0.25, -0.2) is 0 Å². The Morgan fingerprint density at radius 3 is 2.16 bits per heavy atom. The molecule has 0 aliphatic rings. The molecular formula is C16H27NO2. The standard InChI is InChI=1S/C16H27NO2/c1-11(2)12(3)10-17-13(4)14-7-8-15(18-5)16(9-14)19-6/h7-9,11-13,17H,10H2,1-6H3. The minimum atomic E-state index is 0.306. The Kier molecular flexibility index (Phi) is 6.16. The summed E-state index contributed by atoms with van der Waals surface area (Å²) in [5.74, 6) is 2.92. The summed E-state index contributed by atoms with van der Waals surface area (Å²) in [5, 5.41) is 3.57. The maximum absolute atomic E-state index is 5.34. The van der Waals surface area contributed by atoms with E-state index in [0.717, 1.165) is 18.0 Å².